The van der Waals surface area contributed by atoms with Gasteiger partial charge >= 0.3 is 5.97 Å². The first-order chi connectivity index (χ1) is 8.23. The number of amides is 1. The maximum absolute atomic E-state index is 11.6. The summed E-state index contributed by atoms with van der Waals surface area (Å²) in [5.74, 6) is -0.203. The number of hydrogen-bond donors (Lipinski definition) is 2. The Hall–Kier alpha value is -1.06. The zero-order valence-corrected chi connectivity index (χ0v) is 12.1. The Morgan fingerprint density at radius 2 is 1.78 bits per heavy atom. The van der Waals surface area contributed by atoms with Gasteiger partial charge in [0.05, 0.1) is 6.42 Å². The lowest BCUT2D eigenvalue weighted by Gasteiger charge is -2.21. The molecular formula is C14H27NO3. The summed E-state index contributed by atoms with van der Waals surface area (Å²) in [6.07, 6.45) is 3.58. The van der Waals surface area contributed by atoms with Gasteiger partial charge in [-0.2, -0.15) is 0 Å². The highest BCUT2D eigenvalue weighted by molar-refractivity contribution is 5.77. The van der Waals surface area contributed by atoms with Gasteiger partial charge in [0.2, 0.25) is 5.91 Å². The van der Waals surface area contributed by atoms with Crippen LogP contribution in [0, 0.1) is 11.3 Å². The van der Waals surface area contributed by atoms with Crippen LogP contribution in [0.3, 0.4) is 0 Å². The molecule has 0 fully saturated rings. The van der Waals surface area contributed by atoms with Gasteiger partial charge in [-0.3, -0.25) is 9.59 Å². The highest BCUT2D eigenvalue weighted by Crippen LogP contribution is 2.24. The van der Waals surface area contributed by atoms with Crippen molar-refractivity contribution in [2.24, 2.45) is 11.3 Å². The fourth-order valence-electron chi connectivity index (χ4n) is 1.87. The molecule has 0 spiro atoms. The number of carboxylic acid groups (broad SMARTS) is 1. The molecule has 106 valence electrons. The quantitative estimate of drug-likeness (QED) is 0.624. The van der Waals surface area contributed by atoms with E-state index in [1.165, 1.54) is 6.42 Å². The van der Waals surface area contributed by atoms with Crippen molar-refractivity contribution in [1.82, 2.24) is 5.32 Å². The third-order valence-corrected chi connectivity index (χ3v) is 2.80. The van der Waals surface area contributed by atoms with Crippen molar-refractivity contribution < 1.29 is 14.7 Å². The first-order valence-corrected chi connectivity index (χ1v) is 6.71. The van der Waals surface area contributed by atoms with E-state index in [9.17, 15) is 9.59 Å². The second-order valence-electron chi connectivity index (χ2n) is 6.15. The highest BCUT2D eigenvalue weighted by atomic mass is 16.4. The third-order valence-electron chi connectivity index (χ3n) is 2.80. The molecule has 0 aromatic carbocycles. The lowest BCUT2D eigenvalue weighted by Crippen LogP contribution is -2.30. The Labute approximate surface area is 110 Å². The Balaban J connectivity index is 3.74. The minimum absolute atomic E-state index is 0.0216. The van der Waals surface area contributed by atoms with Gasteiger partial charge in [0, 0.05) is 13.0 Å². The Morgan fingerprint density at radius 3 is 2.28 bits per heavy atom. The normalized spacial score (nSPS) is 11.6. The zero-order valence-electron chi connectivity index (χ0n) is 12.1. The van der Waals surface area contributed by atoms with Gasteiger partial charge in [-0.1, -0.05) is 40.5 Å². The smallest absolute Gasteiger partial charge is 0.303 e. The van der Waals surface area contributed by atoms with Crippen LogP contribution in [-0.4, -0.2) is 23.5 Å². The first kappa shape index (κ1) is 16.9. The van der Waals surface area contributed by atoms with Gasteiger partial charge in [0.15, 0.2) is 0 Å². The van der Waals surface area contributed by atoms with Gasteiger partial charge < -0.3 is 10.4 Å². The van der Waals surface area contributed by atoms with Crippen molar-refractivity contribution in [3.63, 3.8) is 0 Å². The average Bonchev–Trinajstić information content (AvgIpc) is 2.13. The summed E-state index contributed by atoms with van der Waals surface area (Å²) in [5.41, 5.74) is -0.478. The van der Waals surface area contributed by atoms with Crippen LogP contribution in [0.25, 0.3) is 0 Å². The van der Waals surface area contributed by atoms with Crippen molar-refractivity contribution >= 4 is 11.9 Å². The molecule has 2 N–H and O–H groups in total. The lowest BCUT2D eigenvalue weighted by molar-refractivity contribution is -0.139. The molecule has 4 heteroatoms. The van der Waals surface area contributed by atoms with Crippen LogP contribution in [0.5, 0.6) is 0 Å². The Kier molecular flexibility index (Phi) is 7.64. The van der Waals surface area contributed by atoms with Crippen molar-refractivity contribution in [2.75, 3.05) is 6.54 Å². The zero-order chi connectivity index (χ0) is 14.2. The summed E-state index contributed by atoms with van der Waals surface area (Å²) in [4.78, 5) is 22.3. The summed E-state index contributed by atoms with van der Waals surface area (Å²) in [6.45, 7) is 8.67. The van der Waals surface area contributed by atoms with E-state index in [1.54, 1.807) is 13.8 Å². The first-order valence-electron chi connectivity index (χ1n) is 6.71. The maximum atomic E-state index is 11.6. The predicted molar refractivity (Wildman–Crippen MR) is 72.3 cm³/mol. The van der Waals surface area contributed by atoms with Crippen LogP contribution in [0.15, 0.2) is 0 Å². The number of carbonyl (C=O) groups excluding carboxylic acids is 1. The topological polar surface area (TPSA) is 66.4 Å². The van der Waals surface area contributed by atoms with Crippen molar-refractivity contribution in [3.05, 3.63) is 0 Å². The number of nitrogens with one attached hydrogen (secondary N) is 1. The molecule has 0 heterocycles. The predicted octanol–water partition coefficient (Wildman–Crippen LogP) is 2.82. The Bertz CT molecular complexity index is 272. The number of hydrogen-bond acceptors (Lipinski definition) is 2. The molecule has 18 heavy (non-hydrogen) atoms. The van der Waals surface area contributed by atoms with Crippen molar-refractivity contribution in [2.45, 2.75) is 59.8 Å². The molecule has 0 aliphatic carbocycles. The fraction of sp³-hybridized carbons (Fsp3) is 0.857. The Morgan fingerprint density at radius 1 is 1.17 bits per heavy atom. The monoisotopic (exact) mass is 257 g/mol. The lowest BCUT2D eigenvalue weighted by atomic mass is 9.85. The molecule has 0 saturated heterocycles. The molecule has 0 saturated carbocycles. The standard InChI is InChI=1S/C14H27NO3/c1-11(2)7-5-6-8-15-12(16)9-14(3,4)10-13(17)18/h11H,5-10H2,1-4H3,(H,15,16)(H,17,18). The molecule has 4 nitrogen and oxygen atoms in total. The van der Waals surface area contributed by atoms with Crippen LogP contribution in [0.1, 0.15) is 59.8 Å². The van der Waals surface area contributed by atoms with Crippen molar-refractivity contribution in [3.8, 4) is 0 Å². The second-order valence-corrected chi connectivity index (χ2v) is 6.15. The molecule has 0 atom stereocenters. The number of carbonyl (C=O) groups is 2. The van der Waals surface area contributed by atoms with Crippen LogP contribution in [-0.2, 0) is 9.59 Å². The van der Waals surface area contributed by atoms with Crippen LogP contribution in [0.2, 0.25) is 0 Å². The molecule has 0 aromatic rings. The largest absolute Gasteiger partial charge is 0.481 e. The summed E-state index contributed by atoms with van der Waals surface area (Å²) < 4.78 is 0. The van der Waals surface area contributed by atoms with Gasteiger partial charge in [0.1, 0.15) is 0 Å². The molecule has 0 unspecified atom stereocenters. The number of unbranched alkanes of at least 4 members (excludes halogenated alkanes) is 1. The van der Waals surface area contributed by atoms with E-state index in [-0.39, 0.29) is 18.7 Å². The molecular weight excluding hydrogens is 230 g/mol. The van der Waals surface area contributed by atoms with E-state index in [0.29, 0.717) is 12.5 Å². The summed E-state index contributed by atoms with van der Waals surface area (Å²) >= 11 is 0. The molecule has 1 amide bonds. The SMILES string of the molecule is CC(C)CCCCNC(=O)CC(C)(C)CC(=O)O. The van der Waals surface area contributed by atoms with Gasteiger partial charge in [-0.25, -0.2) is 0 Å². The van der Waals surface area contributed by atoms with E-state index < -0.39 is 11.4 Å². The number of rotatable bonds is 9. The van der Waals surface area contributed by atoms with Gasteiger partial charge in [-0.05, 0) is 17.8 Å². The van der Waals surface area contributed by atoms with Crippen LogP contribution >= 0.6 is 0 Å². The van der Waals surface area contributed by atoms with E-state index in [2.05, 4.69) is 19.2 Å². The highest BCUT2D eigenvalue weighted by Gasteiger charge is 2.24. The molecule has 0 aliphatic rings. The maximum Gasteiger partial charge on any atom is 0.303 e. The average molecular weight is 257 g/mol. The molecule has 0 aromatic heterocycles. The molecule has 0 radical (unpaired) electrons. The van der Waals surface area contributed by atoms with E-state index in [0.717, 1.165) is 12.8 Å². The minimum Gasteiger partial charge on any atom is -0.481 e. The summed E-state index contributed by atoms with van der Waals surface area (Å²) in [7, 11) is 0. The van der Waals surface area contributed by atoms with Crippen LogP contribution < -0.4 is 5.32 Å². The van der Waals surface area contributed by atoms with E-state index >= 15 is 0 Å². The van der Waals surface area contributed by atoms with Gasteiger partial charge in [0.25, 0.3) is 0 Å². The second kappa shape index (κ2) is 8.11. The fourth-order valence-corrected chi connectivity index (χ4v) is 1.87. The number of aliphatic carboxylic acids is 1. The molecule has 0 aliphatic heterocycles. The summed E-state index contributed by atoms with van der Waals surface area (Å²) in [6, 6.07) is 0. The van der Waals surface area contributed by atoms with E-state index in [4.69, 9.17) is 5.11 Å². The van der Waals surface area contributed by atoms with Gasteiger partial charge in [-0.15, -0.1) is 0 Å². The van der Waals surface area contributed by atoms with Crippen molar-refractivity contribution in [1.29, 1.82) is 0 Å². The minimum atomic E-state index is -0.857. The van der Waals surface area contributed by atoms with Crippen LogP contribution in [0.4, 0.5) is 0 Å². The molecule has 0 rings (SSSR count). The third kappa shape index (κ3) is 10.1. The molecule has 0 bridgehead atoms. The van der Waals surface area contributed by atoms with E-state index in [1.807, 2.05) is 0 Å². The number of carboxylic acids is 1. The summed E-state index contributed by atoms with van der Waals surface area (Å²) in [5, 5.41) is 11.6.